The smallest absolute Gasteiger partial charge is 0.211 e. The molecule has 0 spiro atoms. The molecule has 5 nitrogen and oxygen atoms in total. The van der Waals surface area contributed by atoms with E-state index in [1.807, 2.05) is 24.4 Å². The summed E-state index contributed by atoms with van der Waals surface area (Å²) in [4.78, 5) is 4.44. The number of benzene rings is 1. The third kappa shape index (κ3) is 5.32. The molecule has 1 aromatic carbocycles. The molecule has 1 fully saturated rings. The molecule has 1 aliphatic rings. The van der Waals surface area contributed by atoms with Gasteiger partial charge in [-0.25, -0.2) is 13.1 Å². The van der Waals surface area contributed by atoms with Crippen molar-refractivity contribution in [2.45, 2.75) is 58.0 Å². The van der Waals surface area contributed by atoms with Gasteiger partial charge < -0.3 is 5.32 Å². The first kappa shape index (κ1) is 20.8. The maximum Gasteiger partial charge on any atom is 0.211 e. The summed E-state index contributed by atoms with van der Waals surface area (Å²) in [6.45, 7) is 6.16. The van der Waals surface area contributed by atoms with E-state index in [0.29, 0.717) is 5.92 Å². The monoisotopic (exact) mass is 401 g/mol. The minimum atomic E-state index is -3.12. The molecule has 0 saturated heterocycles. The normalized spacial score (nSPS) is 20.7. The molecule has 2 aromatic rings. The average molecular weight is 402 g/mol. The zero-order valence-corrected chi connectivity index (χ0v) is 17.8. The SMILES string of the molecule is CCS(=O)(=O)NC1CCC(C(C)(C)Nc2cccc(-c3ccccn3)c2)CC1. The van der Waals surface area contributed by atoms with Crippen LogP contribution in [0.15, 0.2) is 48.7 Å². The van der Waals surface area contributed by atoms with E-state index in [4.69, 9.17) is 0 Å². The van der Waals surface area contributed by atoms with E-state index in [1.165, 1.54) is 0 Å². The average Bonchev–Trinajstić information content (AvgIpc) is 2.69. The van der Waals surface area contributed by atoms with Crippen LogP contribution in [-0.2, 0) is 10.0 Å². The maximum absolute atomic E-state index is 11.8. The Bertz CT molecular complexity index is 874. The standard InChI is InChI=1S/C22H31N3O2S/c1-4-28(26,27)25-19-13-11-18(12-14-19)22(2,3)24-20-9-7-8-17(16-20)21-10-5-6-15-23-21/h5-10,15-16,18-19,24-25H,4,11-14H2,1-3H3. The van der Waals surface area contributed by atoms with Crippen molar-refractivity contribution in [3.05, 3.63) is 48.7 Å². The molecule has 0 amide bonds. The Balaban J connectivity index is 1.63. The lowest BCUT2D eigenvalue weighted by atomic mass is 9.75. The summed E-state index contributed by atoms with van der Waals surface area (Å²) in [6, 6.07) is 14.4. The Kier molecular flexibility index (Phi) is 6.40. The zero-order valence-electron chi connectivity index (χ0n) is 17.0. The lowest BCUT2D eigenvalue weighted by molar-refractivity contribution is 0.235. The molecular formula is C22H31N3O2S. The van der Waals surface area contributed by atoms with Gasteiger partial charge in [-0.1, -0.05) is 18.2 Å². The van der Waals surface area contributed by atoms with E-state index in [2.05, 4.69) is 53.1 Å². The lowest BCUT2D eigenvalue weighted by Crippen LogP contribution is -2.45. The Morgan fingerprint density at radius 3 is 2.46 bits per heavy atom. The molecule has 1 aliphatic carbocycles. The van der Waals surface area contributed by atoms with Gasteiger partial charge in [-0.2, -0.15) is 0 Å². The van der Waals surface area contributed by atoms with Crippen LogP contribution in [0.1, 0.15) is 46.5 Å². The van der Waals surface area contributed by atoms with Gasteiger partial charge in [0.1, 0.15) is 0 Å². The Hall–Kier alpha value is -1.92. The van der Waals surface area contributed by atoms with Crippen LogP contribution in [0.5, 0.6) is 0 Å². The highest BCUT2D eigenvalue weighted by Gasteiger charge is 2.34. The van der Waals surface area contributed by atoms with E-state index in [0.717, 1.165) is 42.6 Å². The summed E-state index contributed by atoms with van der Waals surface area (Å²) < 4.78 is 26.5. The maximum atomic E-state index is 11.8. The Labute approximate surface area is 169 Å². The number of sulfonamides is 1. The summed E-state index contributed by atoms with van der Waals surface area (Å²) >= 11 is 0. The van der Waals surface area contributed by atoms with E-state index >= 15 is 0 Å². The first-order chi connectivity index (χ1) is 13.3. The van der Waals surface area contributed by atoms with Crippen molar-refractivity contribution >= 4 is 15.7 Å². The topological polar surface area (TPSA) is 71.1 Å². The van der Waals surface area contributed by atoms with Gasteiger partial charge in [0.05, 0.1) is 11.4 Å². The first-order valence-corrected chi connectivity index (χ1v) is 11.7. The Morgan fingerprint density at radius 2 is 1.82 bits per heavy atom. The second kappa shape index (κ2) is 8.62. The Morgan fingerprint density at radius 1 is 1.07 bits per heavy atom. The molecule has 152 valence electrons. The molecule has 1 saturated carbocycles. The fourth-order valence-electron chi connectivity index (χ4n) is 4.03. The lowest BCUT2D eigenvalue weighted by Gasteiger charge is -2.40. The summed E-state index contributed by atoms with van der Waals surface area (Å²) in [5, 5.41) is 3.71. The minimum Gasteiger partial charge on any atom is -0.380 e. The van der Waals surface area contributed by atoms with Crippen LogP contribution < -0.4 is 10.0 Å². The van der Waals surface area contributed by atoms with Crippen LogP contribution in [0.4, 0.5) is 5.69 Å². The van der Waals surface area contributed by atoms with Crippen LogP contribution in [0, 0.1) is 5.92 Å². The second-order valence-corrected chi connectivity index (χ2v) is 10.3. The van der Waals surface area contributed by atoms with Crippen LogP contribution in [0.3, 0.4) is 0 Å². The molecular weight excluding hydrogens is 370 g/mol. The van der Waals surface area contributed by atoms with Crippen molar-refractivity contribution in [3.63, 3.8) is 0 Å². The molecule has 1 heterocycles. The quantitative estimate of drug-likeness (QED) is 0.720. The van der Waals surface area contributed by atoms with Gasteiger partial charge in [0.15, 0.2) is 0 Å². The predicted octanol–water partition coefficient (Wildman–Crippen LogP) is 4.44. The molecule has 28 heavy (non-hydrogen) atoms. The van der Waals surface area contributed by atoms with Gasteiger partial charge in [-0.3, -0.25) is 4.98 Å². The van der Waals surface area contributed by atoms with Gasteiger partial charge in [-0.05, 0) is 76.6 Å². The third-order valence-corrected chi connectivity index (χ3v) is 7.22. The van der Waals surface area contributed by atoms with Crippen molar-refractivity contribution in [2.24, 2.45) is 5.92 Å². The third-order valence-electron chi connectivity index (χ3n) is 5.76. The first-order valence-electron chi connectivity index (χ1n) is 10.1. The van der Waals surface area contributed by atoms with Crippen LogP contribution in [-0.4, -0.2) is 30.7 Å². The van der Waals surface area contributed by atoms with Gasteiger partial charge in [-0.15, -0.1) is 0 Å². The largest absolute Gasteiger partial charge is 0.380 e. The van der Waals surface area contributed by atoms with Crippen molar-refractivity contribution in [1.29, 1.82) is 0 Å². The number of anilines is 1. The molecule has 1 aromatic heterocycles. The highest BCUT2D eigenvalue weighted by atomic mass is 32.2. The van der Waals surface area contributed by atoms with E-state index < -0.39 is 10.0 Å². The number of aromatic nitrogens is 1. The second-order valence-electron chi connectivity index (χ2n) is 8.21. The minimum absolute atomic E-state index is 0.0721. The number of hydrogen-bond acceptors (Lipinski definition) is 4. The molecule has 0 radical (unpaired) electrons. The number of rotatable bonds is 7. The van der Waals surface area contributed by atoms with Crippen LogP contribution in [0.25, 0.3) is 11.3 Å². The predicted molar refractivity (Wildman–Crippen MR) is 116 cm³/mol. The van der Waals surface area contributed by atoms with Crippen molar-refractivity contribution < 1.29 is 8.42 Å². The van der Waals surface area contributed by atoms with E-state index in [-0.39, 0.29) is 17.3 Å². The highest BCUT2D eigenvalue weighted by Crippen LogP contribution is 2.35. The van der Waals surface area contributed by atoms with E-state index in [1.54, 1.807) is 6.92 Å². The van der Waals surface area contributed by atoms with E-state index in [9.17, 15) is 8.42 Å². The molecule has 0 unspecified atom stereocenters. The highest BCUT2D eigenvalue weighted by molar-refractivity contribution is 7.89. The van der Waals surface area contributed by atoms with Gasteiger partial charge in [0.25, 0.3) is 0 Å². The number of pyridine rings is 1. The van der Waals surface area contributed by atoms with Crippen molar-refractivity contribution in [3.8, 4) is 11.3 Å². The summed E-state index contributed by atoms with van der Waals surface area (Å²) in [5.74, 6) is 0.639. The fourth-order valence-corrected chi connectivity index (χ4v) is 4.94. The number of nitrogens with zero attached hydrogens (tertiary/aromatic N) is 1. The van der Waals surface area contributed by atoms with Crippen molar-refractivity contribution in [1.82, 2.24) is 9.71 Å². The summed E-state index contributed by atoms with van der Waals surface area (Å²) in [7, 11) is -3.12. The van der Waals surface area contributed by atoms with Gasteiger partial charge in [0.2, 0.25) is 10.0 Å². The van der Waals surface area contributed by atoms with Gasteiger partial charge in [0, 0.05) is 29.0 Å². The molecule has 0 aliphatic heterocycles. The van der Waals surface area contributed by atoms with Gasteiger partial charge >= 0.3 is 0 Å². The fraction of sp³-hybridized carbons (Fsp3) is 0.500. The zero-order chi connectivity index (χ0) is 20.2. The number of hydrogen-bond donors (Lipinski definition) is 2. The van der Waals surface area contributed by atoms with Crippen molar-refractivity contribution in [2.75, 3.05) is 11.1 Å². The number of nitrogens with one attached hydrogen (secondary N) is 2. The molecule has 0 atom stereocenters. The summed E-state index contributed by atoms with van der Waals surface area (Å²) in [6.07, 6.45) is 5.62. The molecule has 3 rings (SSSR count). The molecule has 2 N–H and O–H groups in total. The van der Waals surface area contributed by atoms with Crippen LogP contribution in [0.2, 0.25) is 0 Å². The summed E-state index contributed by atoms with van der Waals surface area (Å²) in [5.41, 5.74) is 3.07. The van der Waals surface area contributed by atoms with Crippen LogP contribution >= 0.6 is 0 Å². The molecule has 0 bridgehead atoms. The molecule has 6 heteroatoms.